The van der Waals surface area contributed by atoms with Crippen LogP contribution >= 0.6 is 11.3 Å². The monoisotopic (exact) mass is 236 g/mol. The molecular weight excluding hydrogens is 223 g/mol. The summed E-state index contributed by atoms with van der Waals surface area (Å²) in [6.07, 6.45) is 0. The Morgan fingerprint density at radius 2 is 2.12 bits per heavy atom. The molecular formula is C12H13FN2S. The molecule has 0 saturated heterocycles. The molecule has 2 aromatic rings. The minimum Gasteiger partial charge on any atom is -0.395 e. The van der Waals surface area contributed by atoms with Crippen LogP contribution in [-0.4, -0.2) is 0 Å². The quantitative estimate of drug-likeness (QED) is 0.802. The third-order valence-electron chi connectivity index (χ3n) is 2.30. The minimum atomic E-state index is -0.382. The van der Waals surface area contributed by atoms with Gasteiger partial charge in [0.2, 0.25) is 0 Å². The average molecular weight is 236 g/mol. The van der Waals surface area contributed by atoms with Crippen molar-refractivity contribution in [2.45, 2.75) is 13.5 Å². The van der Waals surface area contributed by atoms with Crippen molar-refractivity contribution >= 4 is 22.7 Å². The van der Waals surface area contributed by atoms with Crippen LogP contribution in [0.15, 0.2) is 30.3 Å². The van der Waals surface area contributed by atoms with Crippen LogP contribution < -0.4 is 11.1 Å². The van der Waals surface area contributed by atoms with Gasteiger partial charge in [0, 0.05) is 16.3 Å². The van der Waals surface area contributed by atoms with Gasteiger partial charge in [-0.3, -0.25) is 0 Å². The number of nitrogens with one attached hydrogen (secondary N) is 1. The SMILES string of the molecule is Cc1ccc(CNc2cccc(F)c2N)s1. The first kappa shape index (κ1) is 11.0. The number of thiophene rings is 1. The summed E-state index contributed by atoms with van der Waals surface area (Å²) in [4.78, 5) is 2.48. The number of hydrogen-bond donors (Lipinski definition) is 2. The summed E-state index contributed by atoms with van der Waals surface area (Å²) < 4.78 is 13.1. The fourth-order valence-electron chi connectivity index (χ4n) is 1.45. The van der Waals surface area contributed by atoms with Gasteiger partial charge in [-0.1, -0.05) is 6.07 Å². The molecule has 0 amide bonds. The molecule has 0 saturated carbocycles. The van der Waals surface area contributed by atoms with Gasteiger partial charge in [-0.25, -0.2) is 4.39 Å². The zero-order chi connectivity index (χ0) is 11.5. The number of aryl methyl sites for hydroxylation is 1. The number of hydrogen-bond acceptors (Lipinski definition) is 3. The highest BCUT2D eigenvalue weighted by atomic mass is 32.1. The molecule has 1 aromatic carbocycles. The van der Waals surface area contributed by atoms with E-state index in [0.717, 1.165) is 0 Å². The molecule has 4 heteroatoms. The van der Waals surface area contributed by atoms with E-state index < -0.39 is 0 Å². The van der Waals surface area contributed by atoms with E-state index in [1.807, 2.05) is 0 Å². The number of anilines is 2. The largest absolute Gasteiger partial charge is 0.395 e. The van der Waals surface area contributed by atoms with Crippen LogP contribution in [0.2, 0.25) is 0 Å². The third-order valence-corrected chi connectivity index (χ3v) is 3.30. The first-order chi connectivity index (χ1) is 7.66. The standard InChI is InChI=1S/C12H13FN2S/c1-8-5-6-9(16-8)7-15-11-4-2-3-10(13)12(11)14/h2-6,15H,7,14H2,1H3. The Morgan fingerprint density at radius 3 is 2.81 bits per heavy atom. The van der Waals surface area contributed by atoms with Gasteiger partial charge in [-0.05, 0) is 31.2 Å². The summed E-state index contributed by atoms with van der Waals surface area (Å²) >= 11 is 1.72. The Morgan fingerprint density at radius 1 is 1.31 bits per heavy atom. The Bertz CT molecular complexity index is 494. The van der Waals surface area contributed by atoms with Crippen LogP contribution in [0.4, 0.5) is 15.8 Å². The Kier molecular flexibility index (Phi) is 3.10. The van der Waals surface area contributed by atoms with E-state index in [2.05, 4.69) is 24.4 Å². The highest BCUT2D eigenvalue weighted by Crippen LogP contribution is 2.23. The molecule has 1 heterocycles. The number of halogens is 1. The van der Waals surface area contributed by atoms with Gasteiger partial charge in [-0.15, -0.1) is 11.3 Å². The lowest BCUT2D eigenvalue weighted by Gasteiger charge is -2.08. The van der Waals surface area contributed by atoms with E-state index in [-0.39, 0.29) is 11.5 Å². The molecule has 3 N–H and O–H groups in total. The molecule has 0 fully saturated rings. The Hall–Kier alpha value is -1.55. The van der Waals surface area contributed by atoms with Crippen LogP contribution in [-0.2, 0) is 6.54 Å². The second kappa shape index (κ2) is 4.53. The molecule has 84 valence electrons. The lowest BCUT2D eigenvalue weighted by molar-refractivity contribution is 0.633. The number of nitrogen functional groups attached to an aromatic ring is 1. The smallest absolute Gasteiger partial charge is 0.148 e. The van der Waals surface area contributed by atoms with Crippen molar-refractivity contribution in [3.8, 4) is 0 Å². The molecule has 0 spiro atoms. The maximum atomic E-state index is 13.1. The van der Waals surface area contributed by atoms with E-state index in [1.54, 1.807) is 23.5 Å². The van der Waals surface area contributed by atoms with Crippen molar-refractivity contribution in [1.29, 1.82) is 0 Å². The minimum absolute atomic E-state index is 0.177. The van der Waals surface area contributed by atoms with Gasteiger partial charge >= 0.3 is 0 Å². The normalized spacial score (nSPS) is 10.4. The molecule has 0 bridgehead atoms. The van der Waals surface area contributed by atoms with Crippen molar-refractivity contribution in [3.63, 3.8) is 0 Å². The summed E-state index contributed by atoms with van der Waals surface area (Å²) in [6.45, 7) is 2.73. The molecule has 16 heavy (non-hydrogen) atoms. The second-order valence-electron chi connectivity index (χ2n) is 3.57. The second-order valence-corrected chi connectivity index (χ2v) is 4.94. The van der Waals surface area contributed by atoms with Crippen LogP contribution in [0.1, 0.15) is 9.75 Å². The van der Waals surface area contributed by atoms with E-state index >= 15 is 0 Å². The van der Waals surface area contributed by atoms with Crippen molar-refractivity contribution in [3.05, 3.63) is 45.9 Å². The maximum Gasteiger partial charge on any atom is 0.148 e. The molecule has 0 aliphatic carbocycles. The Balaban J connectivity index is 2.07. The zero-order valence-electron chi connectivity index (χ0n) is 8.96. The lowest BCUT2D eigenvalue weighted by atomic mass is 10.2. The maximum absolute atomic E-state index is 13.1. The van der Waals surface area contributed by atoms with E-state index in [4.69, 9.17) is 5.73 Å². The number of rotatable bonds is 3. The van der Waals surface area contributed by atoms with Gasteiger partial charge in [0.1, 0.15) is 5.82 Å². The fraction of sp³-hybridized carbons (Fsp3) is 0.167. The van der Waals surface area contributed by atoms with Crippen LogP contribution in [0.5, 0.6) is 0 Å². The summed E-state index contributed by atoms with van der Waals surface area (Å²) in [6, 6.07) is 8.90. The summed E-state index contributed by atoms with van der Waals surface area (Å²) in [7, 11) is 0. The predicted molar refractivity (Wildman–Crippen MR) is 67.2 cm³/mol. The lowest BCUT2D eigenvalue weighted by Crippen LogP contribution is -2.02. The highest BCUT2D eigenvalue weighted by molar-refractivity contribution is 7.11. The van der Waals surface area contributed by atoms with Gasteiger partial charge in [0.25, 0.3) is 0 Å². The molecule has 2 nitrogen and oxygen atoms in total. The van der Waals surface area contributed by atoms with Crippen LogP contribution in [0.3, 0.4) is 0 Å². The van der Waals surface area contributed by atoms with Crippen LogP contribution in [0.25, 0.3) is 0 Å². The number of para-hydroxylation sites is 1. The van der Waals surface area contributed by atoms with Crippen molar-refractivity contribution in [2.24, 2.45) is 0 Å². The summed E-state index contributed by atoms with van der Waals surface area (Å²) in [5.74, 6) is -0.382. The van der Waals surface area contributed by atoms with E-state index in [0.29, 0.717) is 12.2 Å². The molecule has 0 aliphatic heterocycles. The molecule has 0 atom stereocenters. The van der Waals surface area contributed by atoms with E-state index in [1.165, 1.54) is 15.8 Å². The molecule has 0 radical (unpaired) electrons. The fourth-order valence-corrected chi connectivity index (χ4v) is 2.28. The average Bonchev–Trinajstić information content (AvgIpc) is 2.67. The van der Waals surface area contributed by atoms with Gasteiger partial charge in [0.15, 0.2) is 0 Å². The first-order valence-corrected chi connectivity index (χ1v) is 5.81. The molecule has 2 rings (SSSR count). The van der Waals surface area contributed by atoms with Crippen molar-refractivity contribution < 1.29 is 4.39 Å². The first-order valence-electron chi connectivity index (χ1n) is 5.00. The van der Waals surface area contributed by atoms with Crippen molar-refractivity contribution in [2.75, 3.05) is 11.1 Å². The number of benzene rings is 1. The third kappa shape index (κ3) is 2.33. The molecule has 0 aliphatic rings. The van der Waals surface area contributed by atoms with Gasteiger partial charge in [0.05, 0.1) is 11.4 Å². The number of nitrogens with two attached hydrogens (primary N) is 1. The zero-order valence-corrected chi connectivity index (χ0v) is 9.77. The van der Waals surface area contributed by atoms with Crippen LogP contribution in [0, 0.1) is 12.7 Å². The highest BCUT2D eigenvalue weighted by Gasteiger charge is 2.04. The molecule has 0 unspecified atom stereocenters. The van der Waals surface area contributed by atoms with Gasteiger partial charge < -0.3 is 11.1 Å². The Labute approximate surface area is 97.9 Å². The predicted octanol–water partition coefficient (Wildman–Crippen LogP) is 3.39. The summed E-state index contributed by atoms with van der Waals surface area (Å²) in [5.41, 5.74) is 6.44. The van der Waals surface area contributed by atoms with Gasteiger partial charge in [-0.2, -0.15) is 0 Å². The van der Waals surface area contributed by atoms with E-state index in [9.17, 15) is 4.39 Å². The topological polar surface area (TPSA) is 38.0 Å². The summed E-state index contributed by atoms with van der Waals surface area (Å²) in [5, 5.41) is 3.13. The van der Waals surface area contributed by atoms with Crippen molar-refractivity contribution in [1.82, 2.24) is 0 Å². The molecule has 1 aromatic heterocycles.